The Balaban J connectivity index is 1.83. The summed E-state index contributed by atoms with van der Waals surface area (Å²) in [6.07, 6.45) is 0. The maximum absolute atomic E-state index is 12.6. The zero-order chi connectivity index (χ0) is 18.8. The second kappa shape index (κ2) is 6.87. The van der Waals surface area contributed by atoms with E-state index >= 15 is 0 Å². The van der Waals surface area contributed by atoms with Gasteiger partial charge in [0.25, 0.3) is 11.7 Å². The molecule has 0 radical (unpaired) electrons. The van der Waals surface area contributed by atoms with Gasteiger partial charge in [0.05, 0.1) is 25.5 Å². The van der Waals surface area contributed by atoms with Crippen LogP contribution in [0.3, 0.4) is 0 Å². The van der Waals surface area contributed by atoms with Crippen LogP contribution in [0.15, 0.2) is 42.5 Å². The Morgan fingerprint density at radius 2 is 1.73 bits per heavy atom. The summed E-state index contributed by atoms with van der Waals surface area (Å²) in [7, 11) is 3.02. The van der Waals surface area contributed by atoms with Gasteiger partial charge >= 0.3 is 0 Å². The number of hydrogen-bond donors (Lipinski definition) is 1. The maximum atomic E-state index is 12.6. The van der Waals surface area contributed by atoms with Crippen LogP contribution in [-0.2, 0) is 9.59 Å². The Bertz CT molecular complexity index is 893. The van der Waals surface area contributed by atoms with Crippen molar-refractivity contribution in [3.8, 4) is 11.5 Å². The molecule has 1 aliphatic heterocycles. The van der Waals surface area contributed by atoms with Gasteiger partial charge in [-0.1, -0.05) is 12.1 Å². The zero-order valence-electron chi connectivity index (χ0n) is 14.6. The van der Waals surface area contributed by atoms with E-state index in [0.29, 0.717) is 28.4 Å². The predicted molar refractivity (Wildman–Crippen MR) is 95.9 cm³/mol. The summed E-state index contributed by atoms with van der Waals surface area (Å²) in [6.45, 7) is 1.57. The van der Waals surface area contributed by atoms with Gasteiger partial charge in [0.2, 0.25) is 5.91 Å². The van der Waals surface area contributed by atoms with Crippen LogP contribution in [0.1, 0.15) is 17.3 Å². The summed E-state index contributed by atoms with van der Waals surface area (Å²) in [5, 5.41) is 2.73. The van der Waals surface area contributed by atoms with Crippen molar-refractivity contribution in [2.24, 2.45) is 0 Å². The summed E-state index contributed by atoms with van der Waals surface area (Å²) in [5.74, 6) is -0.730. The molecule has 26 heavy (non-hydrogen) atoms. The third-order valence-corrected chi connectivity index (χ3v) is 4.24. The van der Waals surface area contributed by atoms with E-state index in [1.165, 1.54) is 19.1 Å². The largest absolute Gasteiger partial charge is 0.493 e. The number of carbonyl (C=O) groups is 3. The highest BCUT2D eigenvalue weighted by Gasteiger charge is 2.40. The molecule has 2 aromatic rings. The molecule has 134 valence electrons. The molecule has 0 saturated carbocycles. The van der Waals surface area contributed by atoms with Crippen LogP contribution in [0.2, 0.25) is 0 Å². The molecular formula is C19H18N2O5. The monoisotopic (exact) mass is 354 g/mol. The highest BCUT2D eigenvalue weighted by molar-refractivity contribution is 6.52. The molecule has 1 aliphatic rings. The number of anilines is 2. The molecule has 0 saturated heterocycles. The van der Waals surface area contributed by atoms with Crippen molar-refractivity contribution in [2.45, 2.75) is 13.0 Å². The third-order valence-electron chi connectivity index (χ3n) is 4.24. The lowest BCUT2D eigenvalue weighted by Gasteiger charge is -2.24. The summed E-state index contributed by atoms with van der Waals surface area (Å²) in [4.78, 5) is 38.2. The summed E-state index contributed by atoms with van der Waals surface area (Å²) in [5.41, 5.74) is 1.24. The maximum Gasteiger partial charge on any atom is 0.300 e. The molecule has 0 aromatic heterocycles. The average molecular weight is 354 g/mol. The standard InChI is InChI=1S/C19H18N2O5/c1-11(21-14-7-5-4-6-13(14)17(22)19(21)24)18(23)20-12-8-9-15(25-2)16(10-12)26-3/h4-11H,1-3H3,(H,20,23). The Kier molecular flexibility index (Phi) is 4.62. The molecule has 3 rings (SSSR count). The molecule has 1 atom stereocenters. The highest BCUT2D eigenvalue weighted by Crippen LogP contribution is 2.32. The van der Waals surface area contributed by atoms with Crippen molar-refractivity contribution in [1.29, 1.82) is 0 Å². The van der Waals surface area contributed by atoms with Gasteiger partial charge < -0.3 is 14.8 Å². The molecule has 1 N–H and O–H groups in total. The normalized spacial score (nSPS) is 14.0. The van der Waals surface area contributed by atoms with Gasteiger partial charge in [0.15, 0.2) is 11.5 Å². The number of carbonyl (C=O) groups excluding carboxylic acids is 3. The van der Waals surface area contributed by atoms with Gasteiger partial charge in [0, 0.05) is 11.8 Å². The van der Waals surface area contributed by atoms with Gasteiger partial charge in [-0.25, -0.2) is 0 Å². The first-order valence-electron chi connectivity index (χ1n) is 7.97. The van der Waals surface area contributed by atoms with Crippen molar-refractivity contribution in [1.82, 2.24) is 0 Å². The van der Waals surface area contributed by atoms with Crippen LogP contribution < -0.4 is 19.7 Å². The van der Waals surface area contributed by atoms with E-state index in [-0.39, 0.29) is 0 Å². The van der Waals surface area contributed by atoms with Gasteiger partial charge in [-0.15, -0.1) is 0 Å². The van der Waals surface area contributed by atoms with Crippen molar-refractivity contribution in [2.75, 3.05) is 24.4 Å². The van der Waals surface area contributed by atoms with Crippen LogP contribution >= 0.6 is 0 Å². The molecule has 1 heterocycles. The van der Waals surface area contributed by atoms with Crippen LogP contribution in [-0.4, -0.2) is 37.9 Å². The minimum absolute atomic E-state index is 0.309. The molecule has 0 bridgehead atoms. The molecule has 0 aliphatic carbocycles. The summed E-state index contributed by atoms with van der Waals surface area (Å²) in [6, 6.07) is 10.7. The number of nitrogens with one attached hydrogen (secondary N) is 1. The number of para-hydroxylation sites is 1. The average Bonchev–Trinajstić information content (AvgIpc) is 2.92. The van der Waals surface area contributed by atoms with Crippen LogP contribution in [0.4, 0.5) is 11.4 Å². The molecule has 7 nitrogen and oxygen atoms in total. The van der Waals surface area contributed by atoms with E-state index in [1.54, 1.807) is 49.4 Å². The molecule has 1 unspecified atom stereocenters. The Morgan fingerprint density at radius 1 is 1.04 bits per heavy atom. The van der Waals surface area contributed by atoms with Gasteiger partial charge in [-0.3, -0.25) is 19.3 Å². The minimum Gasteiger partial charge on any atom is -0.493 e. The van der Waals surface area contributed by atoms with Crippen LogP contribution in [0.5, 0.6) is 11.5 Å². The number of methoxy groups -OCH3 is 2. The van der Waals surface area contributed by atoms with Crippen LogP contribution in [0.25, 0.3) is 0 Å². The fourth-order valence-corrected chi connectivity index (χ4v) is 2.87. The highest BCUT2D eigenvalue weighted by atomic mass is 16.5. The van der Waals surface area contributed by atoms with E-state index in [1.807, 2.05) is 0 Å². The fraction of sp³-hybridized carbons (Fsp3) is 0.211. The number of ketones is 1. The van der Waals surface area contributed by atoms with Crippen molar-refractivity contribution >= 4 is 29.0 Å². The van der Waals surface area contributed by atoms with Crippen molar-refractivity contribution in [3.05, 3.63) is 48.0 Å². The van der Waals surface area contributed by atoms with Gasteiger partial charge in [0.1, 0.15) is 6.04 Å². The summed E-state index contributed by atoms with van der Waals surface area (Å²) < 4.78 is 10.4. The number of hydrogen-bond acceptors (Lipinski definition) is 5. The smallest absolute Gasteiger partial charge is 0.300 e. The number of nitrogens with zero attached hydrogens (tertiary/aromatic N) is 1. The topological polar surface area (TPSA) is 84.9 Å². The number of amides is 2. The lowest BCUT2D eigenvalue weighted by Crippen LogP contribution is -2.45. The Hall–Kier alpha value is -3.35. The van der Waals surface area contributed by atoms with E-state index < -0.39 is 23.6 Å². The Labute approximate surface area is 150 Å². The van der Waals surface area contributed by atoms with E-state index in [2.05, 4.69) is 5.32 Å². The number of fused-ring (bicyclic) bond motifs is 1. The SMILES string of the molecule is COc1ccc(NC(=O)C(C)N2C(=O)C(=O)c3ccccc32)cc1OC. The summed E-state index contributed by atoms with van der Waals surface area (Å²) >= 11 is 0. The quantitative estimate of drug-likeness (QED) is 0.833. The molecule has 0 fully saturated rings. The molecule has 7 heteroatoms. The number of rotatable bonds is 5. The third kappa shape index (κ3) is 2.88. The predicted octanol–water partition coefficient (Wildman–Crippen LogP) is 2.26. The van der Waals surface area contributed by atoms with Crippen molar-refractivity contribution in [3.63, 3.8) is 0 Å². The first-order valence-corrected chi connectivity index (χ1v) is 7.97. The zero-order valence-corrected chi connectivity index (χ0v) is 14.6. The molecular weight excluding hydrogens is 336 g/mol. The second-order valence-corrected chi connectivity index (χ2v) is 5.76. The molecule has 2 aromatic carbocycles. The molecule has 0 spiro atoms. The van der Waals surface area contributed by atoms with Crippen LogP contribution in [0, 0.1) is 0 Å². The molecule has 2 amide bonds. The minimum atomic E-state index is -0.858. The first-order chi connectivity index (χ1) is 12.5. The van der Waals surface area contributed by atoms with Gasteiger partial charge in [-0.05, 0) is 31.2 Å². The number of benzene rings is 2. The number of ether oxygens (including phenoxy) is 2. The van der Waals surface area contributed by atoms with Crippen molar-refractivity contribution < 1.29 is 23.9 Å². The second-order valence-electron chi connectivity index (χ2n) is 5.76. The number of Topliss-reactive ketones (excluding diaryl/α,β-unsaturated/α-hetero) is 1. The lowest BCUT2D eigenvalue weighted by atomic mass is 10.1. The van der Waals surface area contributed by atoms with Gasteiger partial charge in [-0.2, -0.15) is 0 Å². The van der Waals surface area contributed by atoms with E-state index in [4.69, 9.17) is 9.47 Å². The fourth-order valence-electron chi connectivity index (χ4n) is 2.87. The Morgan fingerprint density at radius 3 is 2.42 bits per heavy atom. The van der Waals surface area contributed by atoms with E-state index in [0.717, 1.165) is 0 Å². The first kappa shape index (κ1) is 17.5. The van der Waals surface area contributed by atoms with E-state index in [9.17, 15) is 14.4 Å². The lowest BCUT2D eigenvalue weighted by molar-refractivity contribution is -0.120.